The maximum absolute atomic E-state index is 5.73. The van der Waals surface area contributed by atoms with E-state index >= 15 is 0 Å². The maximum Gasteiger partial charge on any atom is 0.172 e. The molecule has 0 fully saturated rings. The van der Waals surface area contributed by atoms with Gasteiger partial charge in [0.15, 0.2) is 11.5 Å². The minimum Gasteiger partial charge on any atom is -0.489 e. The topological polar surface area (TPSA) is 18.5 Å². The molecule has 0 saturated carbocycles. The van der Waals surface area contributed by atoms with Crippen LogP contribution in [-0.2, 0) is 0 Å². The highest BCUT2D eigenvalue weighted by molar-refractivity contribution is 7.08. The van der Waals surface area contributed by atoms with Crippen LogP contribution in [0.3, 0.4) is 0 Å². The molecule has 1 aliphatic rings. The van der Waals surface area contributed by atoms with E-state index in [9.17, 15) is 0 Å². The van der Waals surface area contributed by atoms with Gasteiger partial charge in [-0.3, -0.25) is 0 Å². The van der Waals surface area contributed by atoms with Gasteiger partial charge in [-0.25, -0.2) is 0 Å². The van der Waals surface area contributed by atoms with E-state index < -0.39 is 0 Å². The van der Waals surface area contributed by atoms with Crippen LogP contribution in [0.1, 0.15) is 19.8 Å². The lowest BCUT2D eigenvalue weighted by Gasteiger charge is -2.11. The van der Waals surface area contributed by atoms with Gasteiger partial charge in [0.05, 0.1) is 6.61 Å². The number of hydrogen-bond donors (Lipinski definition) is 0. The zero-order chi connectivity index (χ0) is 8.39. The van der Waals surface area contributed by atoms with Crippen LogP contribution < -0.4 is 9.47 Å². The van der Waals surface area contributed by atoms with E-state index in [0.29, 0.717) is 6.10 Å². The smallest absolute Gasteiger partial charge is 0.172 e. The molecule has 0 aliphatic carbocycles. The van der Waals surface area contributed by atoms with Crippen molar-refractivity contribution in [3.05, 3.63) is 10.8 Å². The van der Waals surface area contributed by atoms with E-state index in [-0.39, 0.29) is 0 Å². The second-order valence-corrected chi connectivity index (χ2v) is 3.63. The number of rotatable bonds is 1. The van der Waals surface area contributed by atoms with Crippen molar-refractivity contribution in [2.24, 2.45) is 0 Å². The van der Waals surface area contributed by atoms with Crippen LogP contribution in [-0.4, -0.2) is 12.7 Å². The Bertz CT molecular complexity index is 257. The fourth-order valence-electron chi connectivity index (χ4n) is 1.29. The Morgan fingerprint density at radius 1 is 1.50 bits per heavy atom. The third kappa shape index (κ3) is 1.41. The van der Waals surface area contributed by atoms with Crippen molar-refractivity contribution in [1.82, 2.24) is 0 Å². The number of ether oxygens (including phenoxy) is 2. The fraction of sp³-hybridized carbons (Fsp3) is 0.556. The molecule has 66 valence electrons. The van der Waals surface area contributed by atoms with Crippen LogP contribution in [0.4, 0.5) is 0 Å². The minimum atomic E-state index is 0.334. The molecule has 0 radical (unpaired) electrons. The third-order valence-electron chi connectivity index (χ3n) is 2.04. The van der Waals surface area contributed by atoms with Crippen molar-refractivity contribution < 1.29 is 9.47 Å². The molecule has 1 unspecified atom stereocenters. The van der Waals surface area contributed by atoms with Crippen LogP contribution in [0.15, 0.2) is 10.8 Å². The third-order valence-corrected chi connectivity index (χ3v) is 2.74. The van der Waals surface area contributed by atoms with Gasteiger partial charge in [0.25, 0.3) is 0 Å². The average molecular weight is 184 g/mol. The second-order valence-electron chi connectivity index (χ2n) is 2.89. The zero-order valence-electron chi connectivity index (χ0n) is 7.08. The van der Waals surface area contributed by atoms with Gasteiger partial charge in [0.2, 0.25) is 0 Å². The number of fused-ring (bicyclic) bond motifs is 1. The Morgan fingerprint density at radius 2 is 2.33 bits per heavy atom. The summed E-state index contributed by atoms with van der Waals surface area (Å²) in [4.78, 5) is 0. The summed E-state index contributed by atoms with van der Waals surface area (Å²) in [6.07, 6.45) is 2.38. The first kappa shape index (κ1) is 7.92. The molecule has 2 heterocycles. The summed E-state index contributed by atoms with van der Waals surface area (Å²) < 4.78 is 11.2. The Balaban J connectivity index is 2.18. The van der Waals surface area contributed by atoms with Crippen LogP contribution in [0, 0.1) is 0 Å². The molecular weight excluding hydrogens is 172 g/mol. The average Bonchev–Trinajstić information content (AvgIpc) is 2.43. The lowest BCUT2D eigenvalue weighted by Crippen LogP contribution is -2.15. The quantitative estimate of drug-likeness (QED) is 0.668. The predicted molar refractivity (Wildman–Crippen MR) is 49.1 cm³/mol. The standard InChI is InChI=1S/C9H12O2S/c1-2-7-3-4-10-8-5-12-6-9(8)11-7/h5-7H,2-4H2,1H3. The van der Waals surface area contributed by atoms with Crippen molar-refractivity contribution in [2.75, 3.05) is 6.61 Å². The largest absolute Gasteiger partial charge is 0.489 e. The summed E-state index contributed by atoms with van der Waals surface area (Å²) in [5, 5.41) is 4.00. The van der Waals surface area contributed by atoms with Gasteiger partial charge in [-0.2, -0.15) is 0 Å². The summed E-state index contributed by atoms with van der Waals surface area (Å²) in [6, 6.07) is 0. The maximum atomic E-state index is 5.73. The highest BCUT2D eigenvalue weighted by Crippen LogP contribution is 2.34. The first-order chi connectivity index (χ1) is 5.90. The number of thiophene rings is 1. The fourth-order valence-corrected chi connectivity index (χ4v) is 1.96. The Kier molecular flexibility index (Phi) is 2.21. The monoisotopic (exact) mass is 184 g/mol. The first-order valence-electron chi connectivity index (χ1n) is 4.25. The molecule has 0 N–H and O–H groups in total. The van der Waals surface area contributed by atoms with Gasteiger partial charge in [0, 0.05) is 17.2 Å². The van der Waals surface area contributed by atoms with E-state index in [1.54, 1.807) is 11.3 Å². The van der Waals surface area contributed by atoms with E-state index in [1.807, 2.05) is 10.8 Å². The lowest BCUT2D eigenvalue weighted by atomic mass is 10.2. The molecule has 1 aromatic heterocycles. The highest BCUT2D eigenvalue weighted by Gasteiger charge is 2.17. The summed E-state index contributed by atoms with van der Waals surface area (Å²) in [5.41, 5.74) is 0. The Hall–Kier alpha value is -0.700. The van der Waals surface area contributed by atoms with Crippen molar-refractivity contribution in [3.8, 4) is 11.5 Å². The molecule has 1 atom stereocenters. The molecule has 0 amide bonds. The molecule has 2 rings (SSSR count). The number of hydrogen-bond acceptors (Lipinski definition) is 3. The summed E-state index contributed by atoms with van der Waals surface area (Å²) >= 11 is 1.63. The lowest BCUT2D eigenvalue weighted by molar-refractivity contribution is 0.187. The Morgan fingerprint density at radius 3 is 3.17 bits per heavy atom. The normalized spacial score (nSPS) is 21.9. The van der Waals surface area contributed by atoms with Crippen molar-refractivity contribution >= 4 is 11.3 Å². The molecule has 1 aromatic rings. The molecule has 0 bridgehead atoms. The van der Waals surface area contributed by atoms with Crippen molar-refractivity contribution in [3.63, 3.8) is 0 Å². The summed E-state index contributed by atoms with van der Waals surface area (Å²) in [6.45, 7) is 2.92. The van der Waals surface area contributed by atoms with E-state index in [0.717, 1.165) is 30.9 Å². The van der Waals surface area contributed by atoms with Gasteiger partial charge in [-0.15, -0.1) is 11.3 Å². The molecule has 2 nitrogen and oxygen atoms in total. The van der Waals surface area contributed by atoms with E-state index in [4.69, 9.17) is 9.47 Å². The van der Waals surface area contributed by atoms with Gasteiger partial charge in [-0.05, 0) is 6.42 Å². The molecule has 12 heavy (non-hydrogen) atoms. The van der Waals surface area contributed by atoms with Gasteiger partial charge >= 0.3 is 0 Å². The second kappa shape index (κ2) is 3.35. The summed E-state index contributed by atoms with van der Waals surface area (Å²) in [5.74, 6) is 1.83. The first-order valence-corrected chi connectivity index (χ1v) is 5.20. The van der Waals surface area contributed by atoms with Crippen molar-refractivity contribution in [2.45, 2.75) is 25.9 Å². The highest BCUT2D eigenvalue weighted by atomic mass is 32.1. The zero-order valence-corrected chi connectivity index (χ0v) is 7.89. The van der Waals surface area contributed by atoms with Crippen molar-refractivity contribution in [1.29, 1.82) is 0 Å². The molecule has 0 saturated heterocycles. The SMILES string of the molecule is CCC1CCOc2cscc2O1. The van der Waals surface area contributed by atoms with Crippen LogP contribution >= 0.6 is 11.3 Å². The molecule has 3 heteroatoms. The van der Waals surface area contributed by atoms with Crippen LogP contribution in [0.5, 0.6) is 11.5 Å². The Labute approximate surface area is 76.1 Å². The minimum absolute atomic E-state index is 0.334. The van der Waals surface area contributed by atoms with E-state index in [2.05, 4.69) is 6.92 Å². The molecular formula is C9H12O2S. The predicted octanol–water partition coefficient (Wildman–Crippen LogP) is 2.69. The summed E-state index contributed by atoms with van der Waals surface area (Å²) in [7, 11) is 0. The van der Waals surface area contributed by atoms with Crippen LogP contribution in [0.2, 0.25) is 0 Å². The molecule has 1 aliphatic heterocycles. The van der Waals surface area contributed by atoms with Gasteiger partial charge < -0.3 is 9.47 Å². The van der Waals surface area contributed by atoms with Crippen LogP contribution in [0.25, 0.3) is 0 Å². The van der Waals surface area contributed by atoms with Gasteiger partial charge in [0.1, 0.15) is 6.10 Å². The molecule has 0 spiro atoms. The van der Waals surface area contributed by atoms with E-state index in [1.165, 1.54) is 0 Å². The van der Waals surface area contributed by atoms with Gasteiger partial charge in [-0.1, -0.05) is 6.92 Å². The molecule has 0 aromatic carbocycles.